The van der Waals surface area contributed by atoms with E-state index in [1.54, 1.807) is 0 Å². The molecule has 0 spiro atoms. The zero-order valence-electron chi connectivity index (χ0n) is 14.7. The molecule has 0 unspecified atom stereocenters. The van der Waals surface area contributed by atoms with Crippen molar-refractivity contribution < 1.29 is 13.2 Å². The van der Waals surface area contributed by atoms with Crippen LogP contribution in [-0.2, 0) is 0 Å². The Morgan fingerprint density at radius 3 is 2.04 bits per heavy atom. The van der Waals surface area contributed by atoms with E-state index in [4.69, 9.17) is 0 Å². The summed E-state index contributed by atoms with van der Waals surface area (Å²) in [6.07, 6.45) is 10.5. The molecule has 4 heteroatoms. The lowest BCUT2D eigenvalue weighted by Crippen LogP contribution is -2.29. The summed E-state index contributed by atoms with van der Waals surface area (Å²) < 4.78 is 40.0. The minimum Gasteiger partial charge on any atom is -0.204 e. The SMILES string of the molecule is CCC[C@H]1CC[C@H]([SiH]2CCC(c3cc(F)c(F)c(F)c3)CC2)CC1. The fourth-order valence-corrected chi connectivity index (χ4v) is 9.31. The van der Waals surface area contributed by atoms with Gasteiger partial charge in [0.15, 0.2) is 17.5 Å². The maximum atomic E-state index is 13.5. The average molecular weight is 355 g/mol. The van der Waals surface area contributed by atoms with Gasteiger partial charge in [-0.25, -0.2) is 13.2 Å². The number of benzene rings is 1. The van der Waals surface area contributed by atoms with Crippen molar-refractivity contribution in [3.63, 3.8) is 0 Å². The largest absolute Gasteiger partial charge is 0.204 e. The van der Waals surface area contributed by atoms with Crippen molar-refractivity contribution in [3.05, 3.63) is 35.1 Å². The zero-order chi connectivity index (χ0) is 17.1. The minimum absolute atomic E-state index is 0.217. The molecule has 0 nitrogen and oxygen atoms in total. The predicted molar refractivity (Wildman–Crippen MR) is 95.7 cm³/mol. The third kappa shape index (κ3) is 4.06. The Balaban J connectivity index is 1.53. The molecule has 3 rings (SSSR count). The summed E-state index contributed by atoms with van der Waals surface area (Å²) in [6.45, 7) is 2.28. The van der Waals surface area contributed by atoms with Gasteiger partial charge in [0, 0.05) is 8.80 Å². The van der Waals surface area contributed by atoms with Crippen LogP contribution in [-0.4, -0.2) is 8.80 Å². The minimum atomic E-state index is -1.34. The van der Waals surface area contributed by atoms with Gasteiger partial charge in [0.1, 0.15) is 0 Å². The highest BCUT2D eigenvalue weighted by Gasteiger charge is 2.32. The van der Waals surface area contributed by atoms with Crippen LogP contribution < -0.4 is 0 Å². The van der Waals surface area contributed by atoms with Gasteiger partial charge in [0.2, 0.25) is 0 Å². The summed E-state index contributed by atoms with van der Waals surface area (Å²) in [5.41, 5.74) is 1.64. The molecule has 2 aliphatic rings. The number of hydrogen-bond acceptors (Lipinski definition) is 0. The van der Waals surface area contributed by atoms with Crippen molar-refractivity contribution in [2.75, 3.05) is 0 Å². The molecular weight excluding hydrogens is 325 g/mol. The van der Waals surface area contributed by atoms with Crippen molar-refractivity contribution in [1.29, 1.82) is 0 Å². The van der Waals surface area contributed by atoms with Crippen LogP contribution in [0.3, 0.4) is 0 Å². The van der Waals surface area contributed by atoms with Crippen molar-refractivity contribution in [1.82, 2.24) is 0 Å². The first-order valence-electron chi connectivity index (χ1n) is 9.72. The molecule has 1 aromatic rings. The van der Waals surface area contributed by atoms with E-state index in [0.29, 0.717) is 5.56 Å². The predicted octanol–water partition coefficient (Wildman–Crippen LogP) is 6.57. The van der Waals surface area contributed by atoms with Crippen molar-refractivity contribution >= 4 is 8.80 Å². The van der Waals surface area contributed by atoms with Gasteiger partial charge in [-0.3, -0.25) is 0 Å². The second kappa shape index (κ2) is 8.07. The van der Waals surface area contributed by atoms with Gasteiger partial charge < -0.3 is 0 Å². The Morgan fingerprint density at radius 2 is 1.50 bits per heavy atom. The molecule has 1 saturated heterocycles. The Hall–Kier alpha value is -0.773. The topological polar surface area (TPSA) is 0 Å². The molecule has 0 radical (unpaired) electrons. The molecule has 1 aliphatic carbocycles. The van der Waals surface area contributed by atoms with Gasteiger partial charge in [-0.15, -0.1) is 0 Å². The first kappa shape index (κ1) is 18.0. The molecule has 0 aromatic heterocycles. The molecule has 0 amide bonds. The Labute approximate surface area is 145 Å². The van der Waals surface area contributed by atoms with Gasteiger partial charge in [-0.1, -0.05) is 57.5 Å². The third-order valence-electron chi connectivity index (χ3n) is 6.50. The maximum Gasteiger partial charge on any atom is 0.194 e. The van der Waals surface area contributed by atoms with E-state index in [1.807, 2.05) is 0 Å². The van der Waals surface area contributed by atoms with E-state index < -0.39 is 26.2 Å². The standard InChI is InChI=1S/C20H29F3Si/c1-2-3-14-4-6-17(7-5-14)24-10-8-15(9-11-24)16-12-18(21)20(23)19(22)13-16/h12-15,17,24H,2-11H2,1H3/t14-,15?,17-,24?. The average Bonchev–Trinajstić information content (AvgIpc) is 2.60. The Morgan fingerprint density at radius 1 is 0.917 bits per heavy atom. The van der Waals surface area contributed by atoms with Crippen molar-refractivity contribution in [2.45, 2.75) is 81.8 Å². The number of hydrogen-bond donors (Lipinski definition) is 0. The molecule has 1 aromatic carbocycles. The van der Waals surface area contributed by atoms with Crippen molar-refractivity contribution in [3.8, 4) is 0 Å². The molecule has 24 heavy (non-hydrogen) atoms. The number of halogens is 3. The molecule has 134 valence electrons. The molecule has 0 atom stereocenters. The smallest absolute Gasteiger partial charge is 0.194 e. The molecule has 0 N–H and O–H groups in total. The zero-order valence-corrected chi connectivity index (χ0v) is 15.8. The van der Waals surface area contributed by atoms with Crippen LogP contribution in [0.25, 0.3) is 0 Å². The lowest BCUT2D eigenvalue weighted by atomic mass is 9.86. The molecule has 2 fully saturated rings. The molecule has 1 heterocycles. The third-order valence-corrected chi connectivity index (χ3v) is 10.7. The van der Waals surface area contributed by atoms with E-state index >= 15 is 0 Å². The first-order valence-corrected chi connectivity index (χ1v) is 12.0. The van der Waals surface area contributed by atoms with Crippen LogP contribution in [0.2, 0.25) is 17.6 Å². The van der Waals surface area contributed by atoms with Crippen LogP contribution in [0, 0.1) is 23.4 Å². The van der Waals surface area contributed by atoms with Gasteiger partial charge in [0.25, 0.3) is 0 Å². The second-order valence-electron chi connectivity index (χ2n) is 7.98. The van der Waals surface area contributed by atoms with E-state index in [-0.39, 0.29) is 5.92 Å². The quantitative estimate of drug-likeness (QED) is 0.424. The van der Waals surface area contributed by atoms with Crippen molar-refractivity contribution in [2.24, 2.45) is 5.92 Å². The van der Waals surface area contributed by atoms with Crippen LogP contribution in [0.4, 0.5) is 13.2 Å². The van der Waals surface area contributed by atoms with Crippen LogP contribution in [0.5, 0.6) is 0 Å². The van der Waals surface area contributed by atoms with E-state index in [1.165, 1.54) is 62.7 Å². The molecular formula is C20H29F3Si. The summed E-state index contributed by atoms with van der Waals surface area (Å²) >= 11 is 0. The highest BCUT2D eigenvalue weighted by atomic mass is 28.3. The van der Waals surface area contributed by atoms with Gasteiger partial charge in [-0.2, -0.15) is 0 Å². The van der Waals surface area contributed by atoms with E-state index in [0.717, 1.165) is 24.3 Å². The van der Waals surface area contributed by atoms with E-state index in [9.17, 15) is 13.2 Å². The monoisotopic (exact) mass is 354 g/mol. The normalized spacial score (nSPS) is 31.2. The molecule has 1 saturated carbocycles. The number of rotatable bonds is 4. The first-order chi connectivity index (χ1) is 11.6. The van der Waals surface area contributed by atoms with E-state index in [2.05, 4.69) is 6.92 Å². The van der Waals surface area contributed by atoms with Crippen LogP contribution in [0.1, 0.15) is 69.8 Å². The summed E-state index contributed by atoms with van der Waals surface area (Å²) in [6, 6.07) is 4.99. The molecule has 1 aliphatic heterocycles. The van der Waals surface area contributed by atoms with Crippen LogP contribution >= 0.6 is 0 Å². The van der Waals surface area contributed by atoms with Gasteiger partial charge >= 0.3 is 0 Å². The fraction of sp³-hybridized carbons (Fsp3) is 0.700. The lowest BCUT2D eigenvalue weighted by Gasteiger charge is -2.37. The highest BCUT2D eigenvalue weighted by Crippen LogP contribution is 2.44. The maximum absolute atomic E-state index is 13.5. The summed E-state index contributed by atoms with van der Waals surface area (Å²) in [4.78, 5) is 0. The highest BCUT2D eigenvalue weighted by molar-refractivity contribution is 6.60. The molecule has 0 bridgehead atoms. The second-order valence-corrected chi connectivity index (χ2v) is 11.6. The van der Waals surface area contributed by atoms with Crippen LogP contribution in [0.15, 0.2) is 12.1 Å². The summed E-state index contributed by atoms with van der Waals surface area (Å²) in [5, 5.41) is 0. The Bertz CT molecular complexity index is 521. The van der Waals surface area contributed by atoms with Gasteiger partial charge in [0.05, 0.1) is 0 Å². The summed E-state index contributed by atoms with van der Waals surface area (Å²) in [5.74, 6) is -2.25. The lowest BCUT2D eigenvalue weighted by molar-refractivity contribution is 0.332. The fourth-order valence-electron chi connectivity index (χ4n) is 5.09. The Kier molecular flexibility index (Phi) is 6.06. The van der Waals surface area contributed by atoms with Gasteiger partial charge in [-0.05, 0) is 47.9 Å². The summed E-state index contributed by atoms with van der Waals surface area (Å²) in [7, 11) is -0.713.